The van der Waals surface area contributed by atoms with Crippen LogP contribution in [-0.4, -0.2) is 22.4 Å². The maximum absolute atomic E-state index is 12.1. The molecule has 0 fully saturated rings. The highest BCUT2D eigenvalue weighted by atomic mass is 35.5. The summed E-state index contributed by atoms with van der Waals surface area (Å²) in [6, 6.07) is 8.67. The van der Waals surface area contributed by atoms with Crippen molar-refractivity contribution in [1.29, 1.82) is 0 Å². The molecule has 0 bridgehead atoms. The van der Waals surface area contributed by atoms with Gasteiger partial charge >= 0.3 is 0 Å². The van der Waals surface area contributed by atoms with E-state index in [2.05, 4.69) is 15.8 Å². The fraction of sp³-hybridized carbons (Fsp3) is 0.167. The third kappa shape index (κ3) is 5.77. The van der Waals surface area contributed by atoms with E-state index < -0.39 is 10.8 Å². The van der Waals surface area contributed by atoms with Gasteiger partial charge < -0.3 is 5.32 Å². The highest BCUT2D eigenvalue weighted by Crippen LogP contribution is 2.25. The van der Waals surface area contributed by atoms with Crippen molar-refractivity contribution < 1.29 is 14.5 Å². The van der Waals surface area contributed by atoms with Crippen LogP contribution in [0.1, 0.15) is 29.3 Å². The Kier molecular flexibility index (Phi) is 7.08. The quantitative estimate of drug-likeness (QED) is 0.409. The number of rotatable bonds is 6. The van der Waals surface area contributed by atoms with Crippen LogP contribution in [0, 0.1) is 17.0 Å². The number of nitrogens with zero attached hydrogens (tertiary/aromatic N) is 2. The molecule has 2 amide bonds. The molecule has 0 atom stereocenters. The number of amides is 2. The molecule has 2 aromatic rings. The van der Waals surface area contributed by atoms with E-state index in [4.69, 9.17) is 23.2 Å². The summed E-state index contributed by atoms with van der Waals surface area (Å²) in [5, 5.41) is 17.8. The number of aryl methyl sites for hydroxylation is 1. The summed E-state index contributed by atoms with van der Waals surface area (Å²) in [5.41, 5.74) is 3.91. The molecule has 0 spiro atoms. The van der Waals surface area contributed by atoms with Gasteiger partial charge in [-0.25, -0.2) is 5.43 Å². The lowest BCUT2D eigenvalue weighted by Gasteiger charge is -2.08. The Bertz CT molecular complexity index is 976. The van der Waals surface area contributed by atoms with Crippen LogP contribution in [0.2, 0.25) is 10.0 Å². The molecule has 10 heteroatoms. The van der Waals surface area contributed by atoms with Crippen molar-refractivity contribution in [3.05, 3.63) is 67.7 Å². The molecule has 28 heavy (non-hydrogen) atoms. The average Bonchev–Trinajstić information content (AvgIpc) is 2.61. The Morgan fingerprint density at radius 1 is 1.18 bits per heavy atom. The van der Waals surface area contributed by atoms with Gasteiger partial charge in [0.2, 0.25) is 5.91 Å². The minimum absolute atomic E-state index is 0.0383. The molecule has 0 saturated carbocycles. The number of carbonyl (C=O) groups excluding carboxylic acids is 2. The van der Waals surface area contributed by atoms with Gasteiger partial charge in [-0.3, -0.25) is 19.7 Å². The maximum Gasteiger partial charge on any atom is 0.287 e. The summed E-state index contributed by atoms with van der Waals surface area (Å²) in [4.78, 5) is 34.3. The smallest absolute Gasteiger partial charge is 0.287 e. The van der Waals surface area contributed by atoms with Crippen LogP contribution in [0.3, 0.4) is 0 Å². The number of benzene rings is 2. The third-order valence-corrected chi connectivity index (χ3v) is 4.17. The van der Waals surface area contributed by atoms with Crippen LogP contribution < -0.4 is 10.7 Å². The van der Waals surface area contributed by atoms with Gasteiger partial charge in [-0.15, -0.1) is 0 Å². The maximum atomic E-state index is 12.1. The van der Waals surface area contributed by atoms with Gasteiger partial charge in [0.15, 0.2) is 0 Å². The van der Waals surface area contributed by atoms with Gasteiger partial charge in [0, 0.05) is 28.1 Å². The molecule has 146 valence electrons. The van der Waals surface area contributed by atoms with Crippen molar-refractivity contribution in [2.24, 2.45) is 5.10 Å². The predicted molar refractivity (Wildman–Crippen MR) is 108 cm³/mol. The molecule has 8 nitrogen and oxygen atoms in total. The van der Waals surface area contributed by atoms with Crippen LogP contribution >= 0.6 is 23.2 Å². The Balaban J connectivity index is 1.96. The Labute approximate surface area is 170 Å². The first-order chi connectivity index (χ1) is 13.2. The topological polar surface area (TPSA) is 114 Å². The summed E-state index contributed by atoms with van der Waals surface area (Å²) in [6.45, 7) is 3.40. The van der Waals surface area contributed by atoms with Crippen molar-refractivity contribution in [3.8, 4) is 0 Å². The molecular formula is C18H16Cl2N4O4. The molecule has 2 rings (SSSR count). The standard InChI is InChI=1S/C18H16Cl2N4O4/c1-10-7-13(19)4-5-15(10)21-17(25)8-11(2)22-23-18(26)12-3-6-16(24(27)28)14(20)9-12/h3-7,9H,8H2,1-2H3,(H,21,25)(H,23,26). The minimum Gasteiger partial charge on any atom is -0.326 e. The average molecular weight is 423 g/mol. The molecule has 0 aromatic heterocycles. The summed E-state index contributed by atoms with van der Waals surface area (Å²) in [7, 11) is 0. The SMILES string of the molecule is CC(CC(=O)Nc1ccc(Cl)cc1C)=NNC(=O)c1ccc([N+](=O)[O-])c(Cl)c1. The van der Waals surface area contributed by atoms with Crippen molar-refractivity contribution in [2.45, 2.75) is 20.3 Å². The van der Waals surface area contributed by atoms with Gasteiger partial charge in [-0.05, 0) is 49.7 Å². The van der Waals surface area contributed by atoms with Crippen molar-refractivity contribution in [2.75, 3.05) is 5.32 Å². The van der Waals surface area contributed by atoms with E-state index in [0.717, 1.165) is 11.6 Å². The normalized spacial score (nSPS) is 11.1. The number of halogens is 2. The van der Waals surface area contributed by atoms with Crippen molar-refractivity contribution in [3.63, 3.8) is 0 Å². The highest BCUT2D eigenvalue weighted by Gasteiger charge is 2.15. The summed E-state index contributed by atoms with van der Waals surface area (Å²) in [5.74, 6) is -0.913. The lowest BCUT2D eigenvalue weighted by Crippen LogP contribution is -2.21. The molecular weight excluding hydrogens is 407 g/mol. The van der Waals surface area contributed by atoms with Crippen LogP contribution in [0.25, 0.3) is 0 Å². The van der Waals surface area contributed by atoms with E-state index in [0.29, 0.717) is 16.4 Å². The zero-order valence-corrected chi connectivity index (χ0v) is 16.5. The van der Waals surface area contributed by atoms with Gasteiger partial charge in [0.05, 0.1) is 11.3 Å². The first kappa shape index (κ1) is 21.3. The van der Waals surface area contributed by atoms with Crippen molar-refractivity contribution >= 4 is 52.1 Å². The zero-order chi connectivity index (χ0) is 20.8. The van der Waals surface area contributed by atoms with Gasteiger partial charge in [-0.1, -0.05) is 23.2 Å². The third-order valence-electron chi connectivity index (χ3n) is 3.63. The highest BCUT2D eigenvalue weighted by molar-refractivity contribution is 6.33. The fourth-order valence-electron chi connectivity index (χ4n) is 2.24. The van der Waals surface area contributed by atoms with Crippen molar-refractivity contribution in [1.82, 2.24) is 5.43 Å². The lowest BCUT2D eigenvalue weighted by atomic mass is 10.2. The molecule has 0 heterocycles. The first-order valence-electron chi connectivity index (χ1n) is 8.01. The molecule has 0 unspecified atom stereocenters. The molecule has 2 aromatic carbocycles. The van der Waals surface area contributed by atoms with E-state index in [-0.39, 0.29) is 28.6 Å². The van der Waals surface area contributed by atoms with Crippen LogP contribution in [-0.2, 0) is 4.79 Å². The van der Waals surface area contributed by atoms with E-state index in [1.807, 2.05) is 6.92 Å². The summed E-state index contributed by atoms with van der Waals surface area (Å²) >= 11 is 11.7. The zero-order valence-electron chi connectivity index (χ0n) is 15.0. The molecule has 0 saturated heterocycles. The van der Waals surface area contributed by atoms with E-state index in [1.165, 1.54) is 12.1 Å². The number of anilines is 1. The number of nitro groups is 1. The van der Waals surface area contributed by atoms with Crippen LogP contribution in [0.4, 0.5) is 11.4 Å². The van der Waals surface area contributed by atoms with E-state index >= 15 is 0 Å². The van der Waals surface area contributed by atoms with Gasteiger partial charge in [0.25, 0.3) is 11.6 Å². The number of hydrogen-bond donors (Lipinski definition) is 2. The molecule has 2 N–H and O–H groups in total. The second-order valence-electron chi connectivity index (χ2n) is 5.90. The number of nitrogens with one attached hydrogen (secondary N) is 2. The molecule has 0 radical (unpaired) electrons. The Hall–Kier alpha value is -2.97. The van der Waals surface area contributed by atoms with Crippen LogP contribution in [0.15, 0.2) is 41.5 Å². The number of carbonyl (C=O) groups is 2. The minimum atomic E-state index is -0.646. The van der Waals surface area contributed by atoms with Crippen LogP contribution in [0.5, 0.6) is 0 Å². The summed E-state index contributed by atoms with van der Waals surface area (Å²) in [6.07, 6.45) is -0.0383. The monoisotopic (exact) mass is 422 g/mol. The van der Waals surface area contributed by atoms with Gasteiger partial charge in [-0.2, -0.15) is 5.10 Å². The molecule has 0 aliphatic heterocycles. The largest absolute Gasteiger partial charge is 0.326 e. The Morgan fingerprint density at radius 3 is 2.50 bits per heavy atom. The second kappa shape index (κ2) is 9.29. The number of nitro benzene ring substituents is 1. The first-order valence-corrected chi connectivity index (χ1v) is 8.76. The fourth-order valence-corrected chi connectivity index (χ4v) is 2.72. The second-order valence-corrected chi connectivity index (χ2v) is 6.74. The predicted octanol–water partition coefficient (Wildman–Crippen LogP) is 4.34. The lowest BCUT2D eigenvalue weighted by molar-refractivity contribution is -0.384. The molecule has 0 aliphatic rings. The summed E-state index contributed by atoms with van der Waals surface area (Å²) < 4.78 is 0. The van der Waals surface area contributed by atoms with E-state index in [1.54, 1.807) is 25.1 Å². The number of hydrazone groups is 1. The molecule has 0 aliphatic carbocycles. The van der Waals surface area contributed by atoms with Gasteiger partial charge in [0.1, 0.15) is 5.02 Å². The number of hydrogen-bond acceptors (Lipinski definition) is 5. The van der Waals surface area contributed by atoms with E-state index in [9.17, 15) is 19.7 Å². The Morgan fingerprint density at radius 2 is 1.89 bits per heavy atom.